The minimum atomic E-state index is 0.0123. The first kappa shape index (κ1) is 15.2. The highest BCUT2D eigenvalue weighted by Crippen LogP contribution is 2.20. The molecule has 1 heterocycles. The van der Waals surface area contributed by atoms with Gasteiger partial charge in [-0.05, 0) is 42.8 Å². The number of carbonyl (C=O) groups excluding carboxylic acids is 1. The molecule has 0 aromatic carbocycles. The van der Waals surface area contributed by atoms with Crippen LogP contribution in [0.15, 0.2) is 16.7 Å². The van der Waals surface area contributed by atoms with Gasteiger partial charge in [-0.25, -0.2) is 0 Å². The lowest BCUT2D eigenvalue weighted by atomic mass is 10.3. The van der Waals surface area contributed by atoms with Gasteiger partial charge in [-0.1, -0.05) is 0 Å². The number of ether oxygens (including phenoxy) is 1. The van der Waals surface area contributed by atoms with E-state index in [1.54, 1.807) is 19.1 Å². The maximum absolute atomic E-state index is 12.4. The van der Waals surface area contributed by atoms with E-state index < -0.39 is 0 Å². The highest BCUT2D eigenvalue weighted by Gasteiger charge is 2.19. The summed E-state index contributed by atoms with van der Waals surface area (Å²) in [6.45, 7) is 6.64. The zero-order valence-corrected chi connectivity index (χ0v) is 13.2. The van der Waals surface area contributed by atoms with E-state index in [0.717, 1.165) is 4.47 Å². The van der Waals surface area contributed by atoms with Crippen LogP contribution in [0.3, 0.4) is 0 Å². The molecule has 1 atom stereocenters. The van der Waals surface area contributed by atoms with E-state index in [0.29, 0.717) is 12.2 Å². The maximum Gasteiger partial charge on any atom is 0.270 e. The van der Waals surface area contributed by atoms with Crippen LogP contribution in [-0.2, 0) is 4.74 Å². The maximum atomic E-state index is 12.4. The molecular formula is C13H21BrN2O2. The summed E-state index contributed by atoms with van der Waals surface area (Å²) in [6, 6.07) is 2.11. The average Bonchev–Trinajstić information content (AvgIpc) is 2.70. The lowest BCUT2D eigenvalue weighted by molar-refractivity contribution is 0.0590. The van der Waals surface area contributed by atoms with Crippen molar-refractivity contribution in [3.63, 3.8) is 0 Å². The molecule has 0 aliphatic carbocycles. The van der Waals surface area contributed by atoms with Gasteiger partial charge in [0.2, 0.25) is 0 Å². The van der Waals surface area contributed by atoms with Gasteiger partial charge < -0.3 is 14.2 Å². The molecule has 0 fully saturated rings. The SMILES string of the molecule is COC(C)CN(C)C(=O)c1cc(Br)cn1C(C)C. The molecule has 102 valence electrons. The summed E-state index contributed by atoms with van der Waals surface area (Å²) in [5.74, 6) is 0.0123. The van der Waals surface area contributed by atoms with E-state index in [2.05, 4.69) is 29.8 Å². The Morgan fingerprint density at radius 3 is 2.61 bits per heavy atom. The number of hydrogen-bond donors (Lipinski definition) is 0. The molecule has 0 aliphatic heterocycles. The quantitative estimate of drug-likeness (QED) is 0.837. The molecule has 1 amide bonds. The Bertz CT molecular complexity index is 415. The number of carbonyl (C=O) groups is 1. The van der Waals surface area contributed by atoms with Crippen LogP contribution in [0, 0.1) is 0 Å². The number of halogens is 1. The normalized spacial score (nSPS) is 12.8. The third-order valence-electron chi connectivity index (χ3n) is 2.87. The predicted molar refractivity (Wildman–Crippen MR) is 75.9 cm³/mol. The second kappa shape index (κ2) is 6.38. The fourth-order valence-corrected chi connectivity index (χ4v) is 2.22. The van der Waals surface area contributed by atoms with Crippen LogP contribution in [0.1, 0.15) is 37.3 Å². The highest BCUT2D eigenvalue weighted by molar-refractivity contribution is 9.10. The largest absolute Gasteiger partial charge is 0.380 e. The first-order valence-electron chi connectivity index (χ1n) is 6.02. The minimum absolute atomic E-state index is 0.0123. The van der Waals surface area contributed by atoms with Crippen molar-refractivity contribution in [3.05, 3.63) is 22.4 Å². The Labute approximate surface area is 117 Å². The van der Waals surface area contributed by atoms with Crippen molar-refractivity contribution in [2.45, 2.75) is 32.9 Å². The van der Waals surface area contributed by atoms with E-state index in [1.165, 1.54) is 0 Å². The number of hydrogen-bond acceptors (Lipinski definition) is 2. The van der Waals surface area contributed by atoms with E-state index in [1.807, 2.05) is 23.8 Å². The van der Waals surface area contributed by atoms with Crippen LogP contribution in [0.5, 0.6) is 0 Å². The molecule has 4 nitrogen and oxygen atoms in total. The van der Waals surface area contributed by atoms with E-state index in [9.17, 15) is 4.79 Å². The third-order valence-corrected chi connectivity index (χ3v) is 3.30. The zero-order valence-electron chi connectivity index (χ0n) is 11.6. The van der Waals surface area contributed by atoms with Crippen molar-refractivity contribution < 1.29 is 9.53 Å². The first-order chi connectivity index (χ1) is 8.36. The number of nitrogens with zero attached hydrogens (tertiary/aromatic N) is 2. The molecule has 18 heavy (non-hydrogen) atoms. The average molecular weight is 317 g/mol. The Morgan fingerprint density at radius 1 is 1.50 bits per heavy atom. The molecule has 0 aliphatic rings. The monoisotopic (exact) mass is 316 g/mol. The van der Waals surface area contributed by atoms with Crippen molar-refractivity contribution >= 4 is 21.8 Å². The molecule has 1 aromatic rings. The van der Waals surface area contributed by atoms with Crippen LogP contribution in [0.2, 0.25) is 0 Å². The molecule has 1 aromatic heterocycles. The summed E-state index contributed by atoms with van der Waals surface area (Å²) in [5, 5.41) is 0. The van der Waals surface area contributed by atoms with Crippen molar-refractivity contribution in [2.24, 2.45) is 0 Å². The van der Waals surface area contributed by atoms with Gasteiger partial charge in [0.1, 0.15) is 5.69 Å². The summed E-state index contributed by atoms with van der Waals surface area (Å²) in [4.78, 5) is 14.1. The van der Waals surface area contributed by atoms with Crippen LogP contribution < -0.4 is 0 Å². The zero-order chi connectivity index (χ0) is 13.9. The second-order valence-electron chi connectivity index (χ2n) is 4.78. The van der Waals surface area contributed by atoms with Gasteiger partial charge in [-0.15, -0.1) is 0 Å². The Balaban J connectivity index is 2.89. The lowest BCUT2D eigenvalue weighted by Gasteiger charge is -2.22. The molecule has 5 heteroatoms. The molecule has 1 rings (SSSR count). The summed E-state index contributed by atoms with van der Waals surface area (Å²) in [6.07, 6.45) is 1.97. The van der Waals surface area contributed by atoms with Gasteiger partial charge in [0.05, 0.1) is 6.10 Å². The number of likely N-dealkylation sites (N-methyl/N-ethyl adjacent to an activating group) is 1. The Kier molecular flexibility index (Phi) is 5.41. The van der Waals surface area contributed by atoms with E-state index in [4.69, 9.17) is 4.74 Å². The van der Waals surface area contributed by atoms with Gasteiger partial charge >= 0.3 is 0 Å². The standard InChI is InChI=1S/C13H21BrN2O2/c1-9(2)16-8-11(14)6-12(16)13(17)15(4)7-10(3)18-5/h6,8-10H,7H2,1-5H3. The summed E-state index contributed by atoms with van der Waals surface area (Å²) >= 11 is 3.42. The fourth-order valence-electron chi connectivity index (χ4n) is 1.78. The lowest BCUT2D eigenvalue weighted by Crippen LogP contribution is -2.35. The van der Waals surface area contributed by atoms with Crippen LogP contribution in [0.4, 0.5) is 0 Å². The number of amides is 1. The summed E-state index contributed by atoms with van der Waals surface area (Å²) in [7, 11) is 3.44. The van der Waals surface area contributed by atoms with Gasteiger partial charge in [0, 0.05) is 37.4 Å². The van der Waals surface area contributed by atoms with Crippen LogP contribution >= 0.6 is 15.9 Å². The minimum Gasteiger partial charge on any atom is -0.380 e. The van der Waals surface area contributed by atoms with E-state index in [-0.39, 0.29) is 18.1 Å². The number of methoxy groups -OCH3 is 1. The van der Waals surface area contributed by atoms with Gasteiger partial charge in [0.25, 0.3) is 5.91 Å². The summed E-state index contributed by atoms with van der Waals surface area (Å²) in [5.41, 5.74) is 0.697. The van der Waals surface area contributed by atoms with Gasteiger partial charge in [-0.3, -0.25) is 4.79 Å². The molecule has 0 radical (unpaired) electrons. The topological polar surface area (TPSA) is 34.5 Å². The molecule has 0 saturated carbocycles. The van der Waals surface area contributed by atoms with Crippen molar-refractivity contribution in [1.29, 1.82) is 0 Å². The third kappa shape index (κ3) is 3.59. The van der Waals surface area contributed by atoms with Crippen LogP contribution in [-0.4, -0.2) is 42.2 Å². The number of aromatic nitrogens is 1. The molecule has 0 N–H and O–H groups in total. The van der Waals surface area contributed by atoms with Gasteiger partial charge in [-0.2, -0.15) is 0 Å². The van der Waals surface area contributed by atoms with Crippen molar-refractivity contribution in [1.82, 2.24) is 9.47 Å². The van der Waals surface area contributed by atoms with Crippen molar-refractivity contribution in [3.8, 4) is 0 Å². The molecule has 0 saturated heterocycles. The second-order valence-corrected chi connectivity index (χ2v) is 5.69. The number of rotatable bonds is 5. The summed E-state index contributed by atoms with van der Waals surface area (Å²) < 4.78 is 8.08. The molecule has 1 unspecified atom stereocenters. The highest BCUT2D eigenvalue weighted by atomic mass is 79.9. The van der Waals surface area contributed by atoms with Crippen molar-refractivity contribution in [2.75, 3.05) is 20.7 Å². The van der Waals surface area contributed by atoms with Gasteiger partial charge in [0.15, 0.2) is 0 Å². The molecule has 0 bridgehead atoms. The predicted octanol–water partition coefficient (Wildman–Crippen LogP) is 2.94. The smallest absolute Gasteiger partial charge is 0.270 e. The first-order valence-corrected chi connectivity index (χ1v) is 6.81. The van der Waals surface area contributed by atoms with Crippen LogP contribution in [0.25, 0.3) is 0 Å². The molecular weight excluding hydrogens is 296 g/mol. The van der Waals surface area contributed by atoms with E-state index >= 15 is 0 Å². The Morgan fingerprint density at radius 2 is 2.11 bits per heavy atom. The molecule has 0 spiro atoms. The fraction of sp³-hybridized carbons (Fsp3) is 0.615. The Hall–Kier alpha value is -0.810.